The molecule has 1 aromatic heterocycles. The first-order chi connectivity index (χ1) is 20.6. The highest BCUT2D eigenvalue weighted by molar-refractivity contribution is 9.10. The fourth-order valence-electron chi connectivity index (χ4n) is 6.47. The molecule has 7 rings (SSSR count). The van der Waals surface area contributed by atoms with Gasteiger partial charge >= 0.3 is 6.09 Å². The molecule has 4 aromatic carbocycles. The van der Waals surface area contributed by atoms with Crippen LogP contribution in [0.25, 0.3) is 22.0 Å². The lowest BCUT2D eigenvalue weighted by atomic mass is 9.91. The number of anilines is 1. The van der Waals surface area contributed by atoms with Crippen LogP contribution in [0.3, 0.4) is 0 Å². The van der Waals surface area contributed by atoms with E-state index in [1.807, 2.05) is 78.9 Å². The van der Waals surface area contributed by atoms with Gasteiger partial charge in [-0.25, -0.2) is 4.79 Å². The molecule has 0 bridgehead atoms. The number of aromatic nitrogens is 1. The summed E-state index contributed by atoms with van der Waals surface area (Å²) in [5.74, 6) is -0.492. The Labute approximate surface area is 252 Å². The van der Waals surface area contributed by atoms with Crippen LogP contribution in [0.4, 0.5) is 10.5 Å². The van der Waals surface area contributed by atoms with E-state index in [9.17, 15) is 9.59 Å². The summed E-state index contributed by atoms with van der Waals surface area (Å²) in [6.07, 6.45) is 1.88. The monoisotopic (exact) mass is 617 g/mol. The van der Waals surface area contributed by atoms with Crippen LogP contribution in [0.15, 0.2) is 114 Å². The summed E-state index contributed by atoms with van der Waals surface area (Å²) in [6, 6.07) is 33.3. The van der Waals surface area contributed by atoms with Gasteiger partial charge in [0, 0.05) is 34.4 Å². The molecule has 5 aromatic rings. The molecule has 7 heteroatoms. The molecule has 1 saturated heterocycles. The Balaban J connectivity index is 1.16. The van der Waals surface area contributed by atoms with Crippen molar-refractivity contribution in [2.75, 3.05) is 18.5 Å². The molecule has 208 valence electrons. The van der Waals surface area contributed by atoms with Gasteiger partial charge in [0.05, 0.1) is 11.2 Å². The van der Waals surface area contributed by atoms with Gasteiger partial charge in [0.2, 0.25) is 5.91 Å². The van der Waals surface area contributed by atoms with Gasteiger partial charge in [-0.2, -0.15) is 0 Å². The van der Waals surface area contributed by atoms with Crippen molar-refractivity contribution in [1.29, 1.82) is 0 Å². The van der Waals surface area contributed by atoms with E-state index in [2.05, 4.69) is 50.5 Å². The van der Waals surface area contributed by atoms with Crippen molar-refractivity contribution in [2.45, 2.75) is 24.3 Å². The van der Waals surface area contributed by atoms with Gasteiger partial charge in [0.1, 0.15) is 12.6 Å². The Bertz CT molecular complexity index is 1750. The summed E-state index contributed by atoms with van der Waals surface area (Å²) in [5, 5.41) is 4.02. The Morgan fingerprint density at radius 2 is 1.55 bits per heavy atom. The van der Waals surface area contributed by atoms with Crippen LogP contribution in [0, 0.1) is 0 Å². The second-order valence-electron chi connectivity index (χ2n) is 10.8. The van der Waals surface area contributed by atoms with Gasteiger partial charge in [-0.05, 0) is 58.5 Å². The Morgan fingerprint density at radius 1 is 0.857 bits per heavy atom. The number of hydrogen-bond donors (Lipinski definition) is 1. The third-order valence-electron chi connectivity index (χ3n) is 8.43. The van der Waals surface area contributed by atoms with Crippen LogP contribution in [-0.2, 0) is 9.53 Å². The summed E-state index contributed by atoms with van der Waals surface area (Å²) in [6.45, 7) is 0.622. The summed E-state index contributed by atoms with van der Waals surface area (Å²) < 4.78 is 6.97. The zero-order valence-electron chi connectivity index (χ0n) is 22.7. The van der Waals surface area contributed by atoms with E-state index in [-0.39, 0.29) is 24.3 Å². The fraction of sp³-hybridized carbons (Fsp3) is 0.171. The Kier molecular flexibility index (Phi) is 6.96. The van der Waals surface area contributed by atoms with Gasteiger partial charge in [-0.15, -0.1) is 0 Å². The van der Waals surface area contributed by atoms with Crippen LogP contribution in [0.5, 0.6) is 0 Å². The molecule has 1 aliphatic heterocycles. The minimum atomic E-state index is -0.735. The molecular weight excluding hydrogens is 590 g/mol. The zero-order chi connectivity index (χ0) is 28.6. The number of benzene rings is 4. The molecule has 1 aliphatic carbocycles. The summed E-state index contributed by atoms with van der Waals surface area (Å²) in [7, 11) is 0. The number of halogens is 1. The van der Waals surface area contributed by atoms with E-state index >= 15 is 0 Å². The number of likely N-dealkylation sites (tertiary alicyclic amines) is 1. The van der Waals surface area contributed by atoms with Crippen molar-refractivity contribution < 1.29 is 14.3 Å². The van der Waals surface area contributed by atoms with Crippen LogP contribution in [0.1, 0.15) is 34.9 Å². The quantitative estimate of drug-likeness (QED) is 0.219. The van der Waals surface area contributed by atoms with E-state index in [0.29, 0.717) is 24.2 Å². The van der Waals surface area contributed by atoms with Crippen molar-refractivity contribution in [1.82, 2.24) is 9.88 Å². The number of nitrogens with one attached hydrogen (secondary N) is 1. The second kappa shape index (κ2) is 11.1. The number of hydrogen-bond acceptors (Lipinski definition) is 4. The zero-order valence-corrected chi connectivity index (χ0v) is 24.3. The lowest BCUT2D eigenvalue weighted by molar-refractivity contribution is -0.120. The second-order valence-corrected chi connectivity index (χ2v) is 11.7. The first-order valence-corrected chi connectivity index (χ1v) is 14.9. The maximum absolute atomic E-state index is 14.0. The van der Waals surface area contributed by atoms with Crippen LogP contribution < -0.4 is 5.32 Å². The lowest BCUT2D eigenvalue weighted by Crippen LogP contribution is -2.46. The molecule has 1 fully saturated rings. The number of fused-ring (bicyclic) bond motifs is 4. The number of carbonyl (C=O) groups is 2. The van der Waals surface area contributed by atoms with Crippen LogP contribution in [-0.4, -0.2) is 41.1 Å². The van der Waals surface area contributed by atoms with Crippen molar-refractivity contribution in [3.8, 4) is 11.1 Å². The largest absolute Gasteiger partial charge is 0.448 e. The molecule has 0 unspecified atom stereocenters. The van der Waals surface area contributed by atoms with Gasteiger partial charge in [0.25, 0.3) is 0 Å². The number of amides is 2. The van der Waals surface area contributed by atoms with Gasteiger partial charge in [-0.1, -0.05) is 94.8 Å². The highest BCUT2D eigenvalue weighted by atomic mass is 79.9. The molecule has 2 atom stereocenters. The predicted molar refractivity (Wildman–Crippen MR) is 167 cm³/mol. The Hall–Kier alpha value is -4.49. The first kappa shape index (κ1) is 26.4. The molecular formula is C35H28BrN3O3. The molecule has 42 heavy (non-hydrogen) atoms. The SMILES string of the molecule is O=C(Nc1cccc2cccnc12)[C@H]1[C@@H](c2ccc(Br)cc2)CCN1C(=O)OCC1c2ccccc2-c2ccccc21. The molecule has 0 spiro atoms. The maximum Gasteiger partial charge on any atom is 0.410 e. The average molecular weight is 619 g/mol. The highest BCUT2D eigenvalue weighted by Gasteiger charge is 2.44. The number of pyridine rings is 1. The summed E-state index contributed by atoms with van der Waals surface area (Å²) in [4.78, 5) is 33.8. The molecule has 2 heterocycles. The van der Waals surface area contributed by atoms with E-state index in [1.54, 1.807) is 11.1 Å². The number of carbonyl (C=O) groups excluding carboxylic acids is 2. The number of para-hydroxylation sites is 1. The highest BCUT2D eigenvalue weighted by Crippen LogP contribution is 2.45. The topological polar surface area (TPSA) is 71.5 Å². The summed E-state index contributed by atoms with van der Waals surface area (Å²) >= 11 is 3.51. The fourth-order valence-corrected chi connectivity index (χ4v) is 6.73. The van der Waals surface area contributed by atoms with Crippen molar-refractivity contribution in [3.05, 3.63) is 130 Å². The van der Waals surface area contributed by atoms with Crippen molar-refractivity contribution in [3.63, 3.8) is 0 Å². The Morgan fingerprint density at radius 3 is 2.29 bits per heavy atom. The van der Waals surface area contributed by atoms with E-state index < -0.39 is 12.1 Å². The number of rotatable bonds is 5. The smallest absolute Gasteiger partial charge is 0.410 e. The predicted octanol–water partition coefficient (Wildman–Crippen LogP) is 7.74. The third kappa shape index (κ3) is 4.73. The van der Waals surface area contributed by atoms with Crippen molar-refractivity contribution in [2.24, 2.45) is 0 Å². The van der Waals surface area contributed by atoms with Crippen LogP contribution >= 0.6 is 15.9 Å². The van der Waals surface area contributed by atoms with Gasteiger partial charge in [-0.3, -0.25) is 14.7 Å². The normalized spacial score (nSPS) is 17.6. The molecule has 6 nitrogen and oxygen atoms in total. The first-order valence-electron chi connectivity index (χ1n) is 14.1. The molecule has 1 N–H and O–H groups in total. The lowest BCUT2D eigenvalue weighted by Gasteiger charge is -2.28. The van der Waals surface area contributed by atoms with E-state index in [1.165, 1.54) is 11.1 Å². The minimum Gasteiger partial charge on any atom is -0.448 e. The number of nitrogens with zero attached hydrogens (tertiary/aromatic N) is 2. The van der Waals surface area contributed by atoms with Crippen molar-refractivity contribution >= 4 is 44.5 Å². The average Bonchev–Trinajstić information content (AvgIpc) is 3.61. The third-order valence-corrected chi connectivity index (χ3v) is 8.95. The van der Waals surface area contributed by atoms with E-state index in [0.717, 1.165) is 26.5 Å². The molecule has 2 amide bonds. The maximum atomic E-state index is 14.0. The number of ether oxygens (including phenoxy) is 1. The molecule has 0 radical (unpaired) electrons. The van der Waals surface area contributed by atoms with Gasteiger partial charge in [0.15, 0.2) is 0 Å². The van der Waals surface area contributed by atoms with Gasteiger partial charge < -0.3 is 10.1 Å². The molecule has 2 aliphatic rings. The standard InChI is InChI=1S/C35H28BrN3O3/c36-24-16-14-22(15-17-24)25-18-20-39(33(25)34(40)38-31-13-5-7-23-8-6-19-37-32(23)31)35(41)42-21-30-28-11-3-1-9-26(28)27-10-2-4-12-29(27)30/h1-17,19,25,30,33H,18,20-21H2,(H,38,40)/t25-,33-/m1/s1. The minimum absolute atomic E-state index is 0.0553. The molecule has 0 saturated carbocycles. The van der Waals surface area contributed by atoms with E-state index in [4.69, 9.17) is 4.74 Å². The summed E-state index contributed by atoms with van der Waals surface area (Å²) in [5.41, 5.74) is 6.98. The van der Waals surface area contributed by atoms with Crippen LogP contribution in [0.2, 0.25) is 0 Å².